The van der Waals surface area contributed by atoms with Crippen LogP contribution < -0.4 is 9.62 Å². The quantitative estimate of drug-likeness (QED) is 0.408. The molecule has 1 N–H and O–H groups in total. The van der Waals surface area contributed by atoms with E-state index in [4.69, 9.17) is 0 Å². The molecule has 0 aliphatic rings. The van der Waals surface area contributed by atoms with Crippen molar-refractivity contribution in [3.8, 4) is 0 Å². The minimum absolute atomic E-state index is 0.140. The molecule has 1 atom stereocenters. The summed E-state index contributed by atoms with van der Waals surface area (Å²) in [6.07, 6.45) is 3.67. The maximum Gasteiger partial charge on any atom is 0.242 e. The molecule has 0 saturated heterocycles. The van der Waals surface area contributed by atoms with Crippen LogP contribution in [-0.2, 0) is 26.0 Å². The number of benzene rings is 2. The normalized spacial score (nSPS) is 12.1. The first kappa shape index (κ1) is 29.4. The predicted molar refractivity (Wildman–Crippen MR) is 147 cm³/mol. The van der Waals surface area contributed by atoms with Gasteiger partial charge in [0.2, 0.25) is 21.8 Å². The van der Waals surface area contributed by atoms with E-state index in [9.17, 15) is 18.0 Å². The minimum Gasteiger partial charge on any atom is -0.354 e. The van der Waals surface area contributed by atoms with Crippen LogP contribution in [0.2, 0.25) is 0 Å². The lowest BCUT2D eigenvalue weighted by molar-refractivity contribution is -0.140. The second-order valence-corrected chi connectivity index (χ2v) is 11.1. The van der Waals surface area contributed by atoms with Crippen molar-refractivity contribution < 1.29 is 18.0 Å². The van der Waals surface area contributed by atoms with Gasteiger partial charge in [0.25, 0.3) is 0 Å². The molecule has 0 spiro atoms. The van der Waals surface area contributed by atoms with E-state index in [1.54, 1.807) is 11.0 Å². The first-order valence-electron chi connectivity index (χ1n) is 12.7. The maximum absolute atomic E-state index is 13.4. The fourth-order valence-corrected chi connectivity index (χ4v) is 5.27. The Bertz CT molecular complexity index is 1100. The summed E-state index contributed by atoms with van der Waals surface area (Å²) in [7, 11) is -3.52. The maximum atomic E-state index is 13.4. The lowest BCUT2D eigenvalue weighted by Gasteiger charge is -2.31. The van der Waals surface area contributed by atoms with Gasteiger partial charge in [0, 0.05) is 26.1 Å². The zero-order valence-corrected chi connectivity index (χ0v) is 23.1. The van der Waals surface area contributed by atoms with E-state index in [0.29, 0.717) is 38.0 Å². The van der Waals surface area contributed by atoms with Crippen molar-refractivity contribution in [2.24, 2.45) is 0 Å². The fraction of sp³-hybridized carbons (Fsp3) is 0.500. The first-order valence-corrected chi connectivity index (χ1v) is 14.6. The van der Waals surface area contributed by atoms with Crippen molar-refractivity contribution in [2.75, 3.05) is 30.2 Å². The average Bonchev–Trinajstić information content (AvgIpc) is 2.84. The number of nitrogens with one attached hydrogen (secondary N) is 1. The van der Waals surface area contributed by atoms with Gasteiger partial charge in [0.15, 0.2) is 0 Å². The molecular weight excluding hydrogens is 474 g/mol. The number of rotatable bonds is 14. The molecule has 0 heterocycles. The van der Waals surface area contributed by atoms with E-state index in [-0.39, 0.29) is 24.8 Å². The van der Waals surface area contributed by atoms with Crippen LogP contribution in [0.25, 0.3) is 0 Å². The van der Waals surface area contributed by atoms with Gasteiger partial charge in [-0.1, -0.05) is 56.3 Å². The lowest BCUT2D eigenvalue weighted by atomic mass is 10.1. The summed E-state index contributed by atoms with van der Waals surface area (Å²) in [5.74, 6) is -0.284. The molecule has 2 aromatic carbocycles. The van der Waals surface area contributed by atoms with Crippen molar-refractivity contribution in [3.63, 3.8) is 0 Å². The number of aryl methyl sites for hydroxylation is 1. The Kier molecular flexibility index (Phi) is 11.4. The third-order valence-electron chi connectivity index (χ3n) is 6.42. The summed E-state index contributed by atoms with van der Waals surface area (Å²) in [6.45, 7) is 8.93. The van der Waals surface area contributed by atoms with Gasteiger partial charge >= 0.3 is 0 Å². The van der Waals surface area contributed by atoms with Gasteiger partial charge in [-0.2, -0.15) is 0 Å². The Balaban J connectivity index is 2.17. The van der Waals surface area contributed by atoms with Crippen LogP contribution in [0, 0.1) is 13.8 Å². The van der Waals surface area contributed by atoms with Gasteiger partial charge in [-0.05, 0) is 62.3 Å². The van der Waals surface area contributed by atoms with Crippen molar-refractivity contribution in [2.45, 2.75) is 65.8 Å². The molecule has 0 saturated carbocycles. The molecule has 2 aromatic rings. The van der Waals surface area contributed by atoms with Crippen molar-refractivity contribution >= 4 is 27.5 Å². The zero-order chi connectivity index (χ0) is 26.7. The Morgan fingerprint density at radius 2 is 1.67 bits per heavy atom. The molecule has 0 aliphatic heterocycles. The number of hydrogen-bond donors (Lipinski definition) is 1. The molecule has 0 bridgehead atoms. The van der Waals surface area contributed by atoms with Crippen LogP contribution in [0.4, 0.5) is 5.69 Å². The van der Waals surface area contributed by atoms with Crippen LogP contribution in [-0.4, -0.2) is 57.1 Å². The molecule has 0 fully saturated rings. The van der Waals surface area contributed by atoms with Gasteiger partial charge in [-0.3, -0.25) is 13.9 Å². The Hall–Kier alpha value is -2.87. The Morgan fingerprint density at radius 3 is 2.28 bits per heavy atom. The highest BCUT2D eigenvalue weighted by molar-refractivity contribution is 7.92. The summed E-state index contributed by atoms with van der Waals surface area (Å²) < 4.78 is 26.5. The molecule has 0 aromatic heterocycles. The lowest BCUT2D eigenvalue weighted by Crippen LogP contribution is -2.50. The predicted octanol–water partition coefficient (Wildman–Crippen LogP) is 4.23. The smallest absolute Gasteiger partial charge is 0.242 e. The van der Waals surface area contributed by atoms with Crippen molar-refractivity contribution in [3.05, 3.63) is 65.2 Å². The molecule has 0 radical (unpaired) electrons. The van der Waals surface area contributed by atoms with Crippen LogP contribution in [0.3, 0.4) is 0 Å². The SMILES string of the molecule is CCCNC(=O)C(CC)N(CCc1ccccc1)C(=O)CCCN(c1cccc(C)c1C)S(C)(=O)=O. The Morgan fingerprint density at radius 1 is 0.972 bits per heavy atom. The molecular formula is C28H41N3O4S. The largest absolute Gasteiger partial charge is 0.354 e. The number of anilines is 1. The Labute approximate surface area is 216 Å². The molecule has 2 rings (SSSR count). The number of hydrogen-bond acceptors (Lipinski definition) is 4. The van der Waals surface area contributed by atoms with Gasteiger partial charge in [-0.15, -0.1) is 0 Å². The van der Waals surface area contributed by atoms with Gasteiger partial charge in [0.05, 0.1) is 11.9 Å². The second-order valence-electron chi connectivity index (χ2n) is 9.20. The van der Waals surface area contributed by atoms with E-state index in [2.05, 4.69) is 5.32 Å². The third-order valence-corrected chi connectivity index (χ3v) is 7.60. The summed E-state index contributed by atoms with van der Waals surface area (Å²) >= 11 is 0. The van der Waals surface area contributed by atoms with Crippen LogP contribution >= 0.6 is 0 Å². The number of sulfonamides is 1. The van der Waals surface area contributed by atoms with E-state index in [0.717, 1.165) is 23.1 Å². The summed E-state index contributed by atoms with van der Waals surface area (Å²) in [5, 5.41) is 2.92. The standard InChI is InChI=1S/C28H41N3O4S/c1-6-19-29-28(33)25(7-2)30(21-18-24-14-9-8-10-15-24)27(32)17-12-20-31(36(5,34)35)26-16-11-13-22(3)23(26)4/h8-11,13-16,25H,6-7,12,17-21H2,1-5H3,(H,29,33). The van der Waals surface area contributed by atoms with Crippen molar-refractivity contribution in [1.29, 1.82) is 0 Å². The zero-order valence-electron chi connectivity index (χ0n) is 22.3. The average molecular weight is 516 g/mol. The fourth-order valence-electron chi connectivity index (χ4n) is 4.25. The third kappa shape index (κ3) is 8.36. The molecule has 2 amide bonds. The highest BCUT2D eigenvalue weighted by Gasteiger charge is 2.28. The molecule has 8 heteroatoms. The van der Waals surface area contributed by atoms with Crippen molar-refractivity contribution in [1.82, 2.24) is 10.2 Å². The van der Waals surface area contributed by atoms with Gasteiger partial charge in [0.1, 0.15) is 6.04 Å². The van der Waals surface area contributed by atoms with E-state index in [1.807, 2.05) is 70.2 Å². The van der Waals surface area contributed by atoms with Gasteiger partial charge < -0.3 is 10.2 Å². The van der Waals surface area contributed by atoms with Gasteiger partial charge in [-0.25, -0.2) is 8.42 Å². The highest BCUT2D eigenvalue weighted by Crippen LogP contribution is 2.25. The van der Waals surface area contributed by atoms with E-state index >= 15 is 0 Å². The number of carbonyl (C=O) groups is 2. The number of carbonyl (C=O) groups excluding carboxylic acids is 2. The molecule has 1 unspecified atom stereocenters. The van der Waals surface area contributed by atoms with E-state index < -0.39 is 16.1 Å². The first-order chi connectivity index (χ1) is 17.1. The highest BCUT2D eigenvalue weighted by atomic mass is 32.2. The van der Waals surface area contributed by atoms with Crippen LogP contribution in [0.15, 0.2) is 48.5 Å². The summed E-state index contributed by atoms with van der Waals surface area (Å²) in [5.41, 5.74) is 3.64. The van der Waals surface area contributed by atoms with Crippen LogP contribution in [0.5, 0.6) is 0 Å². The second kappa shape index (κ2) is 14.0. The van der Waals surface area contributed by atoms with Crippen LogP contribution in [0.1, 0.15) is 56.2 Å². The summed E-state index contributed by atoms with van der Waals surface area (Å²) in [6, 6.07) is 14.9. The monoisotopic (exact) mass is 515 g/mol. The number of amides is 2. The number of nitrogens with zero attached hydrogens (tertiary/aromatic N) is 2. The molecule has 198 valence electrons. The molecule has 7 nitrogen and oxygen atoms in total. The summed E-state index contributed by atoms with van der Waals surface area (Å²) in [4.78, 5) is 27.9. The van der Waals surface area contributed by atoms with E-state index in [1.165, 1.54) is 10.6 Å². The topological polar surface area (TPSA) is 86.8 Å². The molecule has 0 aliphatic carbocycles. The molecule has 36 heavy (non-hydrogen) atoms. The minimum atomic E-state index is -3.52.